The maximum Gasteiger partial charge on any atom is 0.323 e. The number of rotatable bonds is 5. The third-order valence-electron chi connectivity index (χ3n) is 6.95. The Kier molecular flexibility index (Phi) is 6.10. The molecule has 3 atom stereocenters. The summed E-state index contributed by atoms with van der Waals surface area (Å²) >= 11 is 3.46. The first kappa shape index (κ1) is 22.3. The lowest BCUT2D eigenvalue weighted by Crippen LogP contribution is -2.33. The molecule has 6 nitrogen and oxygen atoms in total. The summed E-state index contributed by atoms with van der Waals surface area (Å²) in [5.41, 5.74) is 5.10. The van der Waals surface area contributed by atoms with Gasteiger partial charge in [-0.2, -0.15) is 0 Å². The first-order chi connectivity index (χ1) is 15.9. The molecule has 0 saturated carbocycles. The molecular formula is C26H26BrNO5. The highest BCUT2D eigenvalue weighted by atomic mass is 79.9. The Labute approximate surface area is 201 Å². The minimum Gasteiger partial charge on any atom is -0.488 e. The number of aryl methyl sites for hydroxylation is 1. The molecule has 0 amide bonds. The number of nitrogens with one attached hydrogen (secondary N) is 1. The summed E-state index contributed by atoms with van der Waals surface area (Å²) in [5, 5.41) is 3.17. The number of hydrogen-bond acceptors (Lipinski definition) is 6. The number of alkyl halides is 1. The van der Waals surface area contributed by atoms with Crippen LogP contribution in [0.15, 0.2) is 30.3 Å². The van der Waals surface area contributed by atoms with Gasteiger partial charge in [-0.3, -0.25) is 14.4 Å². The highest BCUT2D eigenvalue weighted by molar-refractivity contribution is 9.10. The predicted molar refractivity (Wildman–Crippen MR) is 127 cm³/mol. The van der Waals surface area contributed by atoms with Crippen LogP contribution in [0, 0.1) is 5.92 Å². The minimum absolute atomic E-state index is 0.0990. The number of fused-ring (bicyclic) bond motifs is 4. The molecule has 7 heteroatoms. The summed E-state index contributed by atoms with van der Waals surface area (Å²) in [6.45, 7) is 2.96. The van der Waals surface area contributed by atoms with Crippen molar-refractivity contribution in [2.75, 3.05) is 13.2 Å². The predicted octanol–water partition coefficient (Wildman–Crippen LogP) is 4.25. The quantitative estimate of drug-likeness (QED) is 0.367. The maximum atomic E-state index is 12.7. The zero-order valence-electron chi connectivity index (χ0n) is 18.5. The van der Waals surface area contributed by atoms with Crippen LogP contribution in [-0.4, -0.2) is 41.6 Å². The van der Waals surface area contributed by atoms with E-state index in [1.54, 1.807) is 6.07 Å². The Morgan fingerprint density at radius 1 is 1.15 bits per heavy atom. The van der Waals surface area contributed by atoms with Gasteiger partial charge >= 0.3 is 5.97 Å². The van der Waals surface area contributed by atoms with Gasteiger partial charge in [0, 0.05) is 16.7 Å². The second-order valence-corrected chi connectivity index (χ2v) is 10.1. The molecule has 0 aromatic heterocycles. The zero-order valence-corrected chi connectivity index (χ0v) is 20.1. The molecule has 2 heterocycles. The molecule has 1 fully saturated rings. The summed E-state index contributed by atoms with van der Waals surface area (Å²) in [7, 11) is 0. The number of carbonyl (C=O) groups excluding carboxylic acids is 3. The van der Waals surface area contributed by atoms with Gasteiger partial charge in [0.15, 0.2) is 18.2 Å². The monoisotopic (exact) mass is 511 g/mol. The van der Waals surface area contributed by atoms with E-state index in [9.17, 15) is 14.4 Å². The summed E-state index contributed by atoms with van der Waals surface area (Å²) in [6.07, 6.45) is 3.38. The van der Waals surface area contributed by atoms with Crippen LogP contribution >= 0.6 is 15.9 Å². The van der Waals surface area contributed by atoms with E-state index in [-0.39, 0.29) is 35.0 Å². The first-order valence-corrected chi connectivity index (χ1v) is 12.4. The van der Waals surface area contributed by atoms with Gasteiger partial charge in [0.05, 0.1) is 4.83 Å². The van der Waals surface area contributed by atoms with Crippen LogP contribution in [0.4, 0.5) is 0 Å². The van der Waals surface area contributed by atoms with E-state index >= 15 is 0 Å². The second kappa shape index (κ2) is 9.03. The summed E-state index contributed by atoms with van der Waals surface area (Å²) in [5.74, 6) is 0.674. The number of ether oxygens (including phenoxy) is 2. The van der Waals surface area contributed by atoms with Crippen molar-refractivity contribution in [3.05, 3.63) is 52.6 Å². The first-order valence-electron chi connectivity index (χ1n) is 11.5. The summed E-state index contributed by atoms with van der Waals surface area (Å²) < 4.78 is 11.2. The molecular weight excluding hydrogens is 486 g/mol. The fourth-order valence-electron chi connectivity index (χ4n) is 4.90. The number of esters is 1. The highest BCUT2D eigenvalue weighted by Gasteiger charge is 2.31. The molecule has 2 aliphatic heterocycles. The van der Waals surface area contributed by atoms with Crippen molar-refractivity contribution in [3.8, 4) is 16.9 Å². The molecule has 0 spiro atoms. The Morgan fingerprint density at radius 2 is 2.00 bits per heavy atom. The van der Waals surface area contributed by atoms with E-state index < -0.39 is 0 Å². The Hall–Kier alpha value is -2.51. The molecule has 1 saturated heterocycles. The van der Waals surface area contributed by atoms with E-state index in [1.807, 2.05) is 24.3 Å². The van der Waals surface area contributed by atoms with Crippen molar-refractivity contribution < 1.29 is 23.9 Å². The van der Waals surface area contributed by atoms with Gasteiger partial charge < -0.3 is 14.8 Å². The van der Waals surface area contributed by atoms with Crippen molar-refractivity contribution in [3.63, 3.8) is 0 Å². The molecule has 0 radical (unpaired) electrons. The zero-order chi connectivity index (χ0) is 23.1. The summed E-state index contributed by atoms with van der Waals surface area (Å²) in [4.78, 5) is 37.4. The van der Waals surface area contributed by atoms with Crippen LogP contribution < -0.4 is 10.1 Å². The van der Waals surface area contributed by atoms with E-state index in [2.05, 4.69) is 28.2 Å². The molecule has 172 valence electrons. The second-order valence-electron chi connectivity index (χ2n) is 9.04. The average molecular weight is 512 g/mol. The Balaban J connectivity index is 1.31. The SMILES string of the molecule is CC[C@@H]1CNC(C(=O)OCC(=O)c2ccc3c(c2)COc2cc4c(cc2-3)CCC(Br)C4=O)C1. The fourth-order valence-corrected chi connectivity index (χ4v) is 5.37. The van der Waals surface area contributed by atoms with Crippen LogP contribution in [0.3, 0.4) is 0 Å². The molecule has 33 heavy (non-hydrogen) atoms. The van der Waals surface area contributed by atoms with Crippen LogP contribution in [0.1, 0.15) is 58.0 Å². The van der Waals surface area contributed by atoms with E-state index in [0.29, 0.717) is 23.8 Å². The third kappa shape index (κ3) is 4.24. The maximum absolute atomic E-state index is 12.7. The molecule has 2 aromatic carbocycles. The number of hydrogen-bond donors (Lipinski definition) is 1. The van der Waals surface area contributed by atoms with Gasteiger partial charge in [-0.15, -0.1) is 0 Å². The van der Waals surface area contributed by atoms with Crippen LogP contribution in [-0.2, 0) is 22.6 Å². The highest BCUT2D eigenvalue weighted by Crippen LogP contribution is 2.41. The largest absolute Gasteiger partial charge is 0.488 e. The topological polar surface area (TPSA) is 81.7 Å². The van der Waals surface area contributed by atoms with E-state index in [0.717, 1.165) is 60.0 Å². The number of halogens is 1. The normalized spacial score (nSPS) is 23.2. The minimum atomic E-state index is -0.362. The standard InChI is InChI=1S/C26H26BrNO5/c1-2-14-7-22(28-11-14)26(31)33-13-23(29)16-3-5-18-17(8-16)12-32-24-10-19-15(9-20(18)24)4-6-21(27)25(19)30/h3,5,8-10,14,21-22,28H,2,4,6-7,11-13H2,1H3/t14-,21?,22?/m0/s1. The smallest absolute Gasteiger partial charge is 0.323 e. The van der Waals surface area contributed by atoms with Gasteiger partial charge in [-0.1, -0.05) is 41.4 Å². The molecule has 3 aliphatic rings. The van der Waals surface area contributed by atoms with E-state index in [4.69, 9.17) is 9.47 Å². The van der Waals surface area contributed by atoms with Crippen LogP contribution in [0.2, 0.25) is 0 Å². The number of benzene rings is 2. The van der Waals surface area contributed by atoms with Gasteiger partial charge in [-0.25, -0.2) is 0 Å². The molecule has 1 N–H and O–H groups in total. The van der Waals surface area contributed by atoms with Crippen molar-refractivity contribution in [2.45, 2.75) is 50.1 Å². The van der Waals surface area contributed by atoms with Gasteiger partial charge in [0.25, 0.3) is 0 Å². The van der Waals surface area contributed by atoms with Gasteiger partial charge in [0.1, 0.15) is 18.4 Å². The fraction of sp³-hybridized carbons (Fsp3) is 0.423. The van der Waals surface area contributed by atoms with Crippen molar-refractivity contribution >= 4 is 33.5 Å². The van der Waals surface area contributed by atoms with Gasteiger partial charge in [-0.05, 0) is 66.6 Å². The van der Waals surface area contributed by atoms with Crippen LogP contribution in [0.5, 0.6) is 5.75 Å². The molecule has 0 bridgehead atoms. The lowest BCUT2D eigenvalue weighted by Gasteiger charge is -2.26. The lowest BCUT2D eigenvalue weighted by molar-refractivity contribution is -0.144. The van der Waals surface area contributed by atoms with Crippen molar-refractivity contribution in [1.29, 1.82) is 0 Å². The van der Waals surface area contributed by atoms with Crippen LogP contribution in [0.25, 0.3) is 11.1 Å². The molecule has 1 aliphatic carbocycles. The van der Waals surface area contributed by atoms with E-state index in [1.165, 1.54) is 0 Å². The number of Topliss-reactive ketones (excluding diaryl/α,β-unsaturated/α-hetero) is 2. The number of ketones is 2. The Bertz CT molecular complexity index is 1140. The molecule has 5 rings (SSSR count). The molecule has 2 aromatic rings. The summed E-state index contributed by atoms with van der Waals surface area (Å²) in [6, 6.07) is 9.07. The molecule has 2 unspecified atom stereocenters. The van der Waals surface area contributed by atoms with Crippen molar-refractivity contribution in [2.24, 2.45) is 5.92 Å². The average Bonchev–Trinajstić information content (AvgIpc) is 3.33. The Morgan fingerprint density at radius 3 is 2.79 bits per heavy atom. The van der Waals surface area contributed by atoms with Gasteiger partial charge in [0.2, 0.25) is 0 Å². The van der Waals surface area contributed by atoms with Crippen molar-refractivity contribution in [1.82, 2.24) is 5.32 Å². The number of carbonyl (C=O) groups is 3. The lowest BCUT2D eigenvalue weighted by atomic mass is 9.85. The third-order valence-corrected chi connectivity index (χ3v) is 7.83.